The van der Waals surface area contributed by atoms with E-state index in [-0.39, 0.29) is 10.8 Å². The lowest BCUT2D eigenvalue weighted by molar-refractivity contribution is 0.357. The number of hydrogen-bond acceptors (Lipinski definition) is 3. The minimum atomic E-state index is -3.57. The van der Waals surface area contributed by atoms with Gasteiger partial charge in [0.15, 0.2) is 0 Å². The summed E-state index contributed by atoms with van der Waals surface area (Å²) in [5.74, 6) is 0.850. The van der Waals surface area contributed by atoms with Crippen molar-refractivity contribution in [3.8, 4) is 5.75 Å². The van der Waals surface area contributed by atoms with Crippen molar-refractivity contribution in [2.45, 2.75) is 24.2 Å². The molecule has 0 aromatic heterocycles. The molecule has 4 nitrogen and oxygen atoms in total. The SMILES string of the molecule is Cc1ccc(S(=O)(=O)NC[C@H](c2ccccc2)c2ccc3c(c2)CCO3)cc1. The van der Waals surface area contributed by atoms with Crippen molar-refractivity contribution in [3.63, 3.8) is 0 Å². The zero-order valence-electron chi connectivity index (χ0n) is 15.8. The highest BCUT2D eigenvalue weighted by Gasteiger charge is 2.21. The van der Waals surface area contributed by atoms with Gasteiger partial charge in [-0.25, -0.2) is 13.1 Å². The molecule has 0 saturated carbocycles. The standard InChI is InChI=1S/C23H23NO3S/c1-17-7-10-21(11-8-17)28(25,26)24-16-22(18-5-3-2-4-6-18)19-9-12-23-20(15-19)13-14-27-23/h2-12,15,22,24H,13-14,16H2,1H3/t22-/m1/s1. The smallest absolute Gasteiger partial charge is 0.240 e. The summed E-state index contributed by atoms with van der Waals surface area (Å²) >= 11 is 0. The van der Waals surface area contributed by atoms with Gasteiger partial charge in [-0.3, -0.25) is 0 Å². The number of nitrogens with one attached hydrogen (secondary N) is 1. The maximum absolute atomic E-state index is 12.8. The van der Waals surface area contributed by atoms with Crippen LogP contribution in [-0.2, 0) is 16.4 Å². The Labute approximate surface area is 166 Å². The van der Waals surface area contributed by atoms with Crippen LogP contribution >= 0.6 is 0 Å². The number of benzene rings is 3. The zero-order valence-corrected chi connectivity index (χ0v) is 16.6. The highest BCUT2D eigenvalue weighted by molar-refractivity contribution is 7.89. The molecular weight excluding hydrogens is 370 g/mol. The molecule has 0 unspecified atom stereocenters. The lowest BCUT2D eigenvalue weighted by Crippen LogP contribution is -2.29. The summed E-state index contributed by atoms with van der Waals surface area (Å²) in [7, 11) is -3.57. The summed E-state index contributed by atoms with van der Waals surface area (Å²) in [6.07, 6.45) is 0.889. The molecule has 4 rings (SSSR count). The second-order valence-electron chi connectivity index (χ2n) is 7.09. The number of rotatable bonds is 6. The molecule has 0 fully saturated rings. The van der Waals surface area contributed by atoms with Crippen molar-refractivity contribution in [2.24, 2.45) is 0 Å². The highest BCUT2D eigenvalue weighted by Crippen LogP contribution is 2.31. The van der Waals surface area contributed by atoms with E-state index in [9.17, 15) is 8.42 Å². The van der Waals surface area contributed by atoms with Crippen LogP contribution in [-0.4, -0.2) is 21.6 Å². The quantitative estimate of drug-likeness (QED) is 0.688. The number of aryl methyl sites for hydroxylation is 1. The highest BCUT2D eigenvalue weighted by atomic mass is 32.2. The lowest BCUT2D eigenvalue weighted by Gasteiger charge is -2.20. The molecule has 3 aromatic rings. The van der Waals surface area contributed by atoms with Gasteiger partial charge >= 0.3 is 0 Å². The molecule has 0 amide bonds. The van der Waals surface area contributed by atoms with Crippen LogP contribution in [0.25, 0.3) is 0 Å². The van der Waals surface area contributed by atoms with Crippen molar-refractivity contribution in [3.05, 3.63) is 95.1 Å². The van der Waals surface area contributed by atoms with E-state index in [1.165, 1.54) is 5.56 Å². The molecule has 1 N–H and O–H groups in total. The minimum absolute atomic E-state index is 0.0766. The van der Waals surface area contributed by atoms with E-state index >= 15 is 0 Å². The number of hydrogen-bond donors (Lipinski definition) is 1. The second kappa shape index (κ2) is 7.78. The average molecular weight is 394 g/mol. The maximum Gasteiger partial charge on any atom is 0.240 e. The zero-order chi connectivity index (χ0) is 19.6. The summed E-state index contributed by atoms with van der Waals surface area (Å²) in [5, 5.41) is 0. The molecule has 144 valence electrons. The first-order valence-electron chi connectivity index (χ1n) is 9.40. The first-order chi connectivity index (χ1) is 13.5. The van der Waals surface area contributed by atoms with Crippen LogP contribution in [0.4, 0.5) is 0 Å². The summed E-state index contributed by atoms with van der Waals surface area (Å²) < 4.78 is 33.9. The molecule has 5 heteroatoms. The third-order valence-electron chi connectivity index (χ3n) is 5.13. The summed E-state index contributed by atoms with van der Waals surface area (Å²) in [6.45, 7) is 2.93. The molecule has 1 heterocycles. The average Bonchev–Trinajstić information content (AvgIpc) is 3.17. The van der Waals surface area contributed by atoms with Crippen molar-refractivity contribution >= 4 is 10.0 Å². The van der Waals surface area contributed by atoms with E-state index in [1.807, 2.05) is 61.5 Å². The van der Waals surface area contributed by atoms with Crippen LogP contribution in [0.3, 0.4) is 0 Å². The Hall–Kier alpha value is -2.63. The Bertz CT molecular complexity index is 1060. The molecule has 3 aromatic carbocycles. The molecule has 28 heavy (non-hydrogen) atoms. The molecule has 1 aliphatic heterocycles. The predicted molar refractivity (Wildman–Crippen MR) is 110 cm³/mol. The fourth-order valence-corrected chi connectivity index (χ4v) is 4.58. The molecule has 0 saturated heterocycles. The Kier molecular flexibility index (Phi) is 5.20. The van der Waals surface area contributed by atoms with E-state index in [4.69, 9.17) is 4.74 Å². The largest absolute Gasteiger partial charge is 0.493 e. The van der Waals surface area contributed by atoms with E-state index < -0.39 is 10.0 Å². The molecular formula is C23H23NO3S. The molecule has 1 atom stereocenters. The number of fused-ring (bicyclic) bond motifs is 1. The predicted octanol–water partition coefficient (Wildman–Crippen LogP) is 4.04. The number of sulfonamides is 1. The minimum Gasteiger partial charge on any atom is -0.493 e. The van der Waals surface area contributed by atoms with Crippen LogP contribution in [0.1, 0.15) is 28.2 Å². The Morgan fingerprint density at radius 1 is 0.964 bits per heavy atom. The van der Waals surface area contributed by atoms with E-state index in [0.29, 0.717) is 13.2 Å². The van der Waals surface area contributed by atoms with Crippen LogP contribution in [0.5, 0.6) is 5.75 Å². The van der Waals surface area contributed by atoms with Crippen LogP contribution < -0.4 is 9.46 Å². The van der Waals surface area contributed by atoms with Crippen LogP contribution in [0.15, 0.2) is 77.7 Å². The van der Waals surface area contributed by atoms with Gasteiger partial charge in [-0.05, 0) is 41.8 Å². The lowest BCUT2D eigenvalue weighted by atomic mass is 9.90. The summed E-state index contributed by atoms with van der Waals surface area (Å²) in [5.41, 5.74) is 4.37. The summed E-state index contributed by atoms with van der Waals surface area (Å²) in [6, 6.07) is 23.1. The second-order valence-corrected chi connectivity index (χ2v) is 8.86. The van der Waals surface area contributed by atoms with Gasteiger partial charge in [-0.15, -0.1) is 0 Å². The Morgan fingerprint density at radius 3 is 2.46 bits per heavy atom. The molecule has 0 bridgehead atoms. The molecule has 0 spiro atoms. The van der Waals surface area contributed by atoms with Gasteiger partial charge in [-0.1, -0.05) is 60.2 Å². The fraction of sp³-hybridized carbons (Fsp3) is 0.217. The topological polar surface area (TPSA) is 55.4 Å². The van der Waals surface area contributed by atoms with E-state index in [0.717, 1.165) is 28.9 Å². The first kappa shape index (κ1) is 18.7. The van der Waals surface area contributed by atoms with Crippen LogP contribution in [0, 0.1) is 6.92 Å². The normalized spacial score (nSPS) is 14.3. The molecule has 0 radical (unpaired) electrons. The fourth-order valence-electron chi connectivity index (χ4n) is 3.53. The maximum atomic E-state index is 12.8. The Morgan fingerprint density at radius 2 is 1.71 bits per heavy atom. The third kappa shape index (κ3) is 3.96. The van der Waals surface area contributed by atoms with Crippen molar-refractivity contribution < 1.29 is 13.2 Å². The molecule has 0 aliphatic carbocycles. The van der Waals surface area contributed by atoms with Crippen molar-refractivity contribution in [2.75, 3.05) is 13.2 Å². The van der Waals surface area contributed by atoms with Gasteiger partial charge in [0, 0.05) is 18.9 Å². The van der Waals surface area contributed by atoms with Crippen LogP contribution in [0.2, 0.25) is 0 Å². The van der Waals surface area contributed by atoms with Gasteiger partial charge in [0.1, 0.15) is 5.75 Å². The first-order valence-corrected chi connectivity index (χ1v) is 10.9. The van der Waals surface area contributed by atoms with Gasteiger partial charge < -0.3 is 4.74 Å². The number of ether oxygens (including phenoxy) is 1. The van der Waals surface area contributed by atoms with Crippen molar-refractivity contribution in [1.82, 2.24) is 4.72 Å². The Balaban J connectivity index is 1.62. The van der Waals surface area contributed by atoms with Gasteiger partial charge in [-0.2, -0.15) is 0 Å². The summed E-state index contributed by atoms with van der Waals surface area (Å²) in [4.78, 5) is 0.285. The van der Waals surface area contributed by atoms with Crippen molar-refractivity contribution in [1.29, 1.82) is 0 Å². The van der Waals surface area contributed by atoms with Gasteiger partial charge in [0.25, 0.3) is 0 Å². The monoisotopic (exact) mass is 393 g/mol. The molecule has 1 aliphatic rings. The third-order valence-corrected chi connectivity index (χ3v) is 6.57. The van der Waals surface area contributed by atoms with E-state index in [1.54, 1.807) is 12.1 Å². The van der Waals surface area contributed by atoms with Gasteiger partial charge in [0.2, 0.25) is 10.0 Å². The van der Waals surface area contributed by atoms with Gasteiger partial charge in [0.05, 0.1) is 11.5 Å². The van der Waals surface area contributed by atoms with E-state index in [2.05, 4.69) is 10.8 Å².